The van der Waals surface area contributed by atoms with E-state index in [9.17, 15) is 9.59 Å². The summed E-state index contributed by atoms with van der Waals surface area (Å²) in [4.78, 5) is 27.9. The van der Waals surface area contributed by atoms with Crippen LogP contribution in [-0.2, 0) is 21.5 Å². The number of nitrogens with one attached hydrogen (secondary N) is 1. The Morgan fingerprint density at radius 2 is 1.73 bits per heavy atom. The number of hydrogen-bond donors (Lipinski definition) is 1. The van der Waals surface area contributed by atoms with Crippen LogP contribution in [0, 0.1) is 0 Å². The number of carbonyl (C=O) groups is 2. The smallest absolute Gasteiger partial charge is 0.261 e. The van der Waals surface area contributed by atoms with Crippen LogP contribution in [0.1, 0.15) is 65.5 Å². The van der Waals surface area contributed by atoms with E-state index in [4.69, 9.17) is 4.74 Å². The second kappa shape index (κ2) is 12.2. The average Bonchev–Trinajstić information content (AvgIpc) is 2.77. The third-order valence-electron chi connectivity index (χ3n) is 5.73. The molecule has 2 aromatic rings. The molecule has 0 saturated heterocycles. The number of halogens is 1. The fraction of sp³-hybridized carbons (Fsp3) is 0.481. The van der Waals surface area contributed by atoms with Crippen LogP contribution in [0.5, 0.6) is 5.75 Å². The highest BCUT2D eigenvalue weighted by molar-refractivity contribution is 9.10. The Morgan fingerprint density at radius 1 is 1.06 bits per heavy atom. The van der Waals surface area contributed by atoms with Gasteiger partial charge >= 0.3 is 0 Å². The Kier molecular flexibility index (Phi) is 9.96. The Hall–Kier alpha value is -2.34. The standard InChI is InChI=1S/C27H37BrN2O3/c1-7-19(3)29-26(32)23(8-2)30(17-20-12-10-9-11-13-20)25(31)18-33-24-15-14-21(16-22(24)28)27(4,5)6/h9-16,19,23H,7-8,17-18H2,1-6H3,(H,29,32)/t19-,23+/m0/s1. The van der Waals surface area contributed by atoms with Gasteiger partial charge in [-0.1, -0.05) is 71.0 Å². The molecule has 0 heterocycles. The minimum Gasteiger partial charge on any atom is -0.483 e. The summed E-state index contributed by atoms with van der Waals surface area (Å²) < 4.78 is 6.70. The molecule has 0 radical (unpaired) electrons. The lowest BCUT2D eigenvalue weighted by atomic mass is 9.87. The first-order chi connectivity index (χ1) is 15.6. The first kappa shape index (κ1) is 26.9. The van der Waals surface area contributed by atoms with Crippen LogP contribution in [0.3, 0.4) is 0 Å². The lowest BCUT2D eigenvalue weighted by Gasteiger charge is -2.31. The van der Waals surface area contributed by atoms with E-state index in [0.29, 0.717) is 18.7 Å². The highest BCUT2D eigenvalue weighted by Crippen LogP contribution is 2.31. The molecule has 5 nitrogen and oxygen atoms in total. The average molecular weight is 518 g/mol. The number of ether oxygens (including phenoxy) is 1. The summed E-state index contributed by atoms with van der Waals surface area (Å²) in [5, 5.41) is 3.02. The van der Waals surface area contributed by atoms with Crippen LogP contribution >= 0.6 is 15.9 Å². The second-order valence-electron chi connectivity index (χ2n) is 9.43. The first-order valence-electron chi connectivity index (χ1n) is 11.6. The van der Waals surface area contributed by atoms with Crippen LogP contribution in [0.15, 0.2) is 53.0 Å². The molecule has 0 aliphatic rings. The van der Waals surface area contributed by atoms with Crippen molar-refractivity contribution < 1.29 is 14.3 Å². The molecule has 33 heavy (non-hydrogen) atoms. The zero-order valence-corrected chi connectivity index (χ0v) is 22.2. The maximum absolute atomic E-state index is 13.3. The van der Waals surface area contributed by atoms with E-state index in [1.165, 1.54) is 5.56 Å². The molecule has 0 aliphatic heterocycles. The molecule has 2 atom stereocenters. The van der Waals surface area contributed by atoms with Gasteiger partial charge in [0.05, 0.1) is 4.47 Å². The van der Waals surface area contributed by atoms with Gasteiger partial charge in [-0.3, -0.25) is 9.59 Å². The van der Waals surface area contributed by atoms with Gasteiger partial charge in [-0.2, -0.15) is 0 Å². The molecule has 0 bridgehead atoms. The maximum atomic E-state index is 13.3. The largest absolute Gasteiger partial charge is 0.483 e. The van der Waals surface area contributed by atoms with Gasteiger partial charge in [0.15, 0.2) is 6.61 Å². The van der Waals surface area contributed by atoms with Gasteiger partial charge in [0, 0.05) is 12.6 Å². The monoisotopic (exact) mass is 516 g/mol. The highest BCUT2D eigenvalue weighted by atomic mass is 79.9. The molecule has 2 amide bonds. The summed E-state index contributed by atoms with van der Waals surface area (Å²) in [7, 11) is 0. The van der Waals surface area contributed by atoms with Gasteiger partial charge in [-0.25, -0.2) is 0 Å². The number of benzene rings is 2. The number of carbonyl (C=O) groups excluding carboxylic acids is 2. The number of hydrogen-bond acceptors (Lipinski definition) is 3. The van der Waals surface area contributed by atoms with Crippen molar-refractivity contribution in [3.63, 3.8) is 0 Å². The Morgan fingerprint density at radius 3 is 2.27 bits per heavy atom. The maximum Gasteiger partial charge on any atom is 0.261 e. The predicted octanol–water partition coefficient (Wildman–Crippen LogP) is 5.85. The van der Waals surface area contributed by atoms with Gasteiger partial charge in [0.25, 0.3) is 5.91 Å². The van der Waals surface area contributed by atoms with E-state index in [-0.39, 0.29) is 29.9 Å². The molecule has 0 unspecified atom stereocenters. The highest BCUT2D eigenvalue weighted by Gasteiger charge is 2.29. The van der Waals surface area contributed by atoms with Crippen molar-refractivity contribution in [2.24, 2.45) is 0 Å². The Labute approximate surface area is 207 Å². The quantitative estimate of drug-likeness (QED) is 0.430. The van der Waals surface area contributed by atoms with Crippen molar-refractivity contribution in [3.8, 4) is 5.75 Å². The van der Waals surface area contributed by atoms with Crippen LogP contribution in [-0.4, -0.2) is 35.4 Å². The minimum atomic E-state index is -0.568. The lowest BCUT2D eigenvalue weighted by Crippen LogP contribution is -2.51. The Bertz CT molecular complexity index is 925. The zero-order valence-electron chi connectivity index (χ0n) is 20.7. The molecule has 0 fully saturated rings. The summed E-state index contributed by atoms with van der Waals surface area (Å²) in [5.41, 5.74) is 2.16. The van der Waals surface area contributed by atoms with Gasteiger partial charge in [-0.05, 0) is 64.4 Å². The van der Waals surface area contributed by atoms with Crippen molar-refractivity contribution >= 4 is 27.7 Å². The fourth-order valence-corrected chi connectivity index (χ4v) is 3.94. The molecule has 0 aromatic heterocycles. The topological polar surface area (TPSA) is 58.6 Å². The minimum absolute atomic E-state index is 0.0146. The van der Waals surface area contributed by atoms with E-state index in [1.54, 1.807) is 4.90 Å². The van der Waals surface area contributed by atoms with E-state index in [1.807, 2.05) is 69.3 Å². The van der Waals surface area contributed by atoms with Gasteiger partial charge in [-0.15, -0.1) is 0 Å². The van der Waals surface area contributed by atoms with Crippen LogP contribution in [0.25, 0.3) is 0 Å². The van der Waals surface area contributed by atoms with E-state index in [2.05, 4.69) is 42.0 Å². The summed E-state index contributed by atoms with van der Waals surface area (Å²) in [6, 6.07) is 15.1. The van der Waals surface area contributed by atoms with Crippen LogP contribution < -0.4 is 10.1 Å². The van der Waals surface area contributed by atoms with Gasteiger partial charge < -0.3 is 15.0 Å². The predicted molar refractivity (Wildman–Crippen MR) is 137 cm³/mol. The van der Waals surface area contributed by atoms with Crippen LogP contribution in [0.2, 0.25) is 0 Å². The molecule has 6 heteroatoms. The summed E-state index contributed by atoms with van der Waals surface area (Å²) in [6.07, 6.45) is 1.35. The second-order valence-corrected chi connectivity index (χ2v) is 10.3. The number of nitrogens with zero attached hydrogens (tertiary/aromatic N) is 1. The molecule has 180 valence electrons. The SMILES string of the molecule is CC[C@H](C(=O)N[C@@H](C)CC)N(Cc1ccccc1)C(=O)COc1ccc(C(C)(C)C)cc1Br. The first-order valence-corrected chi connectivity index (χ1v) is 12.4. The van der Waals surface area contributed by atoms with Gasteiger partial charge in [0.1, 0.15) is 11.8 Å². The van der Waals surface area contributed by atoms with Crippen LogP contribution in [0.4, 0.5) is 0 Å². The summed E-state index contributed by atoms with van der Waals surface area (Å²) >= 11 is 3.57. The van der Waals surface area contributed by atoms with Gasteiger partial charge in [0.2, 0.25) is 5.91 Å². The summed E-state index contributed by atoms with van der Waals surface area (Å²) in [5.74, 6) is 0.247. The molecular formula is C27H37BrN2O3. The van der Waals surface area contributed by atoms with Crippen molar-refractivity contribution in [3.05, 3.63) is 64.1 Å². The summed E-state index contributed by atoms with van der Waals surface area (Å²) in [6.45, 7) is 12.6. The van der Waals surface area contributed by atoms with E-state index < -0.39 is 6.04 Å². The normalized spacial score (nSPS) is 13.2. The van der Waals surface area contributed by atoms with Crippen molar-refractivity contribution in [1.29, 1.82) is 0 Å². The van der Waals surface area contributed by atoms with Crippen molar-refractivity contribution in [1.82, 2.24) is 10.2 Å². The van der Waals surface area contributed by atoms with E-state index in [0.717, 1.165) is 16.5 Å². The number of rotatable bonds is 10. The van der Waals surface area contributed by atoms with E-state index >= 15 is 0 Å². The molecule has 2 aromatic carbocycles. The third-order valence-corrected chi connectivity index (χ3v) is 6.35. The lowest BCUT2D eigenvalue weighted by molar-refractivity contribution is -0.143. The molecule has 0 aliphatic carbocycles. The molecule has 2 rings (SSSR count). The molecule has 0 spiro atoms. The fourth-order valence-electron chi connectivity index (χ4n) is 3.45. The van der Waals surface area contributed by atoms with Crippen molar-refractivity contribution in [2.45, 2.75) is 78.4 Å². The molecule has 0 saturated carbocycles. The third kappa shape index (κ3) is 7.88. The van der Waals surface area contributed by atoms with Crippen molar-refractivity contribution in [2.75, 3.05) is 6.61 Å². The number of amides is 2. The Balaban J connectivity index is 2.21. The zero-order chi connectivity index (χ0) is 24.6. The molecular weight excluding hydrogens is 480 g/mol. The molecule has 1 N–H and O–H groups in total.